The van der Waals surface area contributed by atoms with Crippen molar-refractivity contribution < 1.29 is 4.74 Å². The fourth-order valence-electron chi connectivity index (χ4n) is 2.09. The molecule has 0 aliphatic carbocycles. The predicted octanol–water partition coefficient (Wildman–Crippen LogP) is 2.62. The van der Waals surface area contributed by atoms with Crippen molar-refractivity contribution in [1.82, 2.24) is 14.5 Å². The van der Waals surface area contributed by atoms with Crippen LogP contribution in [-0.4, -0.2) is 34.8 Å². The van der Waals surface area contributed by atoms with E-state index in [4.69, 9.17) is 4.74 Å². The number of hydrogen-bond acceptors (Lipinski definition) is 5. The molecular formula is C13H20N4OS. The maximum absolute atomic E-state index is 5.04. The summed E-state index contributed by atoms with van der Waals surface area (Å²) in [6.07, 6.45) is 3.81. The number of ether oxygens (including phenoxy) is 1. The number of anilines is 1. The van der Waals surface area contributed by atoms with E-state index in [9.17, 15) is 0 Å². The molecule has 104 valence electrons. The highest BCUT2D eigenvalue weighted by Gasteiger charge is 2.17. The van der Waals surface area contributed by atoms with Gasteiger partial charge in [0.1, 0.15) is 0 Å². The van der Waals surface area contributed by atoms with E-state index in [1.54, 1.807) is 18.4 Å². The molecule has 19 heavy (non-hydrogen) atoms. The monoisotopic (exact) mass is 280 g/mol. The Balaban J connectivity index is 2.17. The molecule has 2 rings (SSSR count). The van der Waals surface area contributed by atoms with Gasteiger partial charge in [0.2, 0.25) is 5.95 Å². The Morgan fingerprint density at radius 3 is 2.89 bits per heavy atom. The topological polar surface area (TPSA) is 52.0 Å². The van der Waals surface area contributed by atoms with Gasteiger partial charge in [-0.25, -0.2) is 9.97 Å². The third kappa shape index (κ3) is 3.13. The van der Waals surface area contributed by atoms with Crippen LogP contribution in [0.4, 0.5) is 5.95 Å². The Hall–Kier alpha value is -1.40. The number of aryl methyl sites for hydroxylation is 2. The van der Waals surface area contributed by atoms with Crippen LogP contribution in [0.25, 0.3) is 0 Å². The number of thiazole rings is 1. The molecule has 0 saturated carbocycles. The van der Waals surface area contributed by atoms with Crippen LogP contribution >= 0.6 is 11.3 Å². The van der Waals surface area contributed by atoms with Crippen LogP contribution in [0.3, 0.4) is 0 Å². The van der Waals surface area contributed by atoms with Crippen LogP contribution < -0.4 is 5.32 Å². The minimum atomic E-state index is 0.235. The van der Waals surface area contributed by atoms with Gasteiger partial charge in [-0.3, -0.25) is 0 Å². The molecule has 0 spiro atoms. The molecule has 1 atom stereocenters. The zero-order chi connectivity index (χ0) is 13.8. The Morgan fingerprint density at radius 1 is 1.47 bits per heavy atom. The minimum absolute atomic E-state index is 0.235. The van der Waals surface area contributed by atoms with Crippen molar-refractivity contribution in [3.05, 3.63) is 28.0 Å². The lowest BCUT2D eigenvalue weighted by Gasteiger charge is -2.16. The van der Waals surface area contributed by atoms with Gasteiger partial charge in [0.15, 0.2) is 0 Å². The van der Waals surface area contributed by atoms with Crippen molar-refractivity contribution in [1.29, 1.82) is 0 Å². The molecule has 0 amide bonds. The van der Waals surface area contributed by atoms with Crippen molar-refractivity contribution >= 4 is 17.3 Å². The van der Waals surface area contributed by atoms with Crippen LogP contribution in [0.2, 0.25) is 0 Å². The van der Waals surface area contributed by atoms with E-state index in [1.807, 2.05) is 19.3 Å². The predicted molar refractivity (Wildman–Crippen MR) is 78.0 cm³/mol. The van der Waals surface area contributed by atoms with E-state index in [0.717, 1.165) is 23.2 Å². The first-order valence-corrected chi connectivity index (χ1v) is 7.14. The first-order valence-electron chi connectivity index (χ1n) is 6.33. The van der Waals surface area contributed by atoms with Crippen molar-refractivity contribution in [3.63, 3.8) is 0 Å². The van der Waals surface area contributed by atoms with Crippen LogP contribution in [-0.2, 0) is 4.74 Å². The zero-order valence-corrected chi connectivity index (χ0v) is 12.6. The number of methoxy groups -OCH3 is 1. The molecular weight excluding hydrogens is 260 g/mol. The normalized spacial score (nSPS) is 12.6. The van der Waals surface area contributed by atoms with Gasteiger partial charge in [-0.2, -0.15) is 0 Å². The Kier molecular flexibility index (Phi) is 4.55. The summed E-state index contributed by atoms with van der Waals surface area (Å²) in [6.45, 7) is 7.69. The smallest absolute Gasteiger partial charge is 0.203 e. The molecule has 1 N–H and O–H groups in total. The molecule has 1 unspecified atom stereocenters. The quantitative estimate of drug-likeness (QED) is 0.826. The van der Waals surface area contributed by atoms with Crippen molar-refractivity contribution in [2.75, 3.05) is 25.6 Å². The molecule has 0 aromatic carbocycles. The molecule has 5 nitrogen and oxygen atoms in total. The second-order valence-corrected chi connectivity index (χ2v) is 5.67. The van der Waals surface area contributed by atoms with Crippen LogP contribution in [0.15, 0.2) is 12.4 Å². The fraction of sp³-hybridized carbons (Fsp3) is 0.538. The van der Waals surface area contributed by atoms with Gasteiger partial charge in [0.25, 0.3) is 0 Å². The SMILES string of the molecule is COCCNc1nccn1C(C)c1sc(C)nc1C. The summed E-state index contributed by atoms with van der Waals surface area (Å²) in [7, 11) is 1.69. The number of nitrogens with zero attached hydrogens (tertiary/aromatic N) is 3. The largest absolute Gasteiger partial charge is 0.383 e. The summed E-state index contributed by atoms with van der Waals surface area (Å²) in [5, 5.41) is 4.39. The van der Waals surface area contributed by atoms with E-state index in [0.29, 0.717) is 6.61 Å². The summed E-state index contributed by atoms with van der Waals surface area (Å²) in [5.74, 6) is 0.870. The molecule has 2 aromatic rings. The summed E-state index contributed by atoms with van der Waals surface area (Å²) >= 11 is 1.75. The standard InChI is InChI=1S/C13H20N4OS/c1-9-12(19-11(3)16-9)10(2)17-7-5-14-13(17)15-6-8-18-4/h5,7,10H,6,8H2,1-4H3,(H,14,15). The zero-order valence-electron chi connectivity index (χ0n) is 11.8. The third-order valence-electron chi connectivity index (χ3n) is 2.99. The molecule has 0 aliphatic heterocycles. The molecule has 0 radical (unpaired) electrons. The lowest BCUT2D eigenvalue weighted by molar-refractivity contribution is 0.210. The van der Waals surface area contributed by atoms with Crippen molar-refractivity contribution in [3.8, 4) is 0 Å². The highest BCUT2D eigenvalue weighted by atomic mass is 32.1. The third-order valence-corrected chi connectivity index (χ3v) is 4.24. The highest BCUT2D eigenvalue weighted by molar-refractivity contribution is 7.11. The number of rotatable bonds is 6. The maximum Gasteiger partial charge on any atom is 0.203 e. The molecule has 2 heterocycles. The lowest BCUT2D eigenvalue weighted by atomic mass is 10.2. The first kappa shape index (κ1) is 14.0. The highest BCUT2D eigenvalue weighted by Crippen LogP contribution is 2.29. The Morgan fingerprint density at radius 2 is 2.26 bits per heavy atom. The van der Waals surface area contributed by atoms with E-state index < -0.39 is 0 Å². The number of aromatic nitrogens is 3. The number of hydrogen-bond donors (Lipinski definition) is 1. The lowest BCUT2D eigenvalue weighted by Crippen LogP contribution is -2.15. The molecule has 0 fully saturated rings. The summed E-state index contributed by atoms with van der Waals surface area (Å²) in [6, 6.07) is 0.235. The van der Waals surface area contributed by atoms with Crippen molar-refractivity contribution in [2.45, 2.75) is 26.8 Å². The van der Waals surface area contributed by atoms with E-state index >= 15 is 0 Å². The van der Waals surface area contributed by atoms with E-state index in [2.05, 4.69) is 33.7 Å². The van der Waals surface area contributed by atoms with Crippen LogP contribution in [0.1, 0.15) is 28.5 Å². The molecule has 0 aliphatic rings. The second-order valence-electron chi connectivity index (χ2n) is 4.44. The first-order chi connectivity index (χ1) is 9.13. The summed E-state index contributed by atoms with van der Waals surface area (Å²) < 4.78 is 7.17. The number of nitrogens with one attached hydrogen (secondary N) is 1. The van der Waals surface area contributed by atoms with Gasteiger partial charge in [-0.1, -0.05) is 0 Å². The molecule has 0 bridgehead atoms. The second kappa shape index (κ2) is 6.16. The van der Waals surface area contributed by atoms with Gasteiger partial charge in [0.05, 0.1) is 28.2 Å². The average Bonchev–Trinajstić information content (AvgIpc) is 2.95. The van der Waals surface area contributed by atoms with Crippen LogP contribution in [0, 0.1) is 13.8 Å². The van der Waals surface area contributed by atoms with E-state index in [-0.39, 0.29) is 6.04 Å². The molecule has 6 heteroatoms. The number of imidazole rings is 1. The Bertz CT molecular complexity index is 534. The van der Waals surface area contributed by atoms with Crippen molar-refractivity contribution in [2.24, 2.45) is 0 Å². The molecule has 2 aromatic heterocycles. The Labute approximate surface area is 117 Å². The maximum atomic E-state index is 5.04. The fourth-order valence-corrected chi connectivity index (χ4v) is 3.07. The van der Waals surface area contributed by atoms with Gasteiger partial charge in [-0.15, -0.1) is 11.3 Å². The minimum Gasteiger partial charge on any atom is -0.383 e. The van der Waals surface area contributed by atoms with Gasteiger partial charge < -0.3 is 14.6 Å². The average molecular weight is 280 g/mol. The van der Waals surface area contributed by atoms with Gasteiger partial charge in [0, 0.05) is 26.0 Å². The summed E-state index contributed by atoms with van der Waals surface area (Å²) in [4.78, 5) is 10.1. The summed E-state index contributed by atoms with van der Waals surface area (Å²) in [5.41, 5.74) is 1.10. The van der Waals surface area contributed by atoms with Gasteiger partial charge in [-0.05, 0) is 20.8 Å². The molecule has 0 saturated heterocycles. The van der Waals surface area contributed by atoms with Crippen LogP contribution in [0.5, 0.6) is 0 Å². The van der Waals surface area contributed by atoms with E-state index in [1.165, 1.54) is 4.88 Å². The van der Waals surface area contributed by atoms with Gasteiger partial charge >= 0.3 is 0 Å².